The average Bonchev–Trinajstić information content (AvgIpc) is 3.04. The van der Waals surface area contributed by atoms with E-state index in [1.54, 1.807) is 6.20 Å². The van der Waals surface area contributed by atoms with Crippen molar-refractivity contribution in [3.63, 3.8) is 0 Å². The van der Waals surface area contributed by atoms with Crippen molar-refractivity contribution >= 4 is 17.4 Å². The van der Waals surface area contributed by atoms with Crippen molar-refractivity contribution < 1.29 is 4.79 Å². The maximum absolute atomic E-state index is 12.1. The van der Waals surface area contributed by atoms with Gasteiger partial charge in [-0.05, 0) is 43.0 Å². The number of carbonyl (C=O) groups is 1. The van der Waals surface area contributed by atoms with Gasteiger partial charge in [0.1, 0.15) is 5.82 Å². The number of aryl methyl sites for hydroxylation is 1. The molecule has 23 heavy (non-hydrogen) atoms. The lowest BCUT2D eigenvalue weighted by atomic mass is 10.1. The van der Waals surface area contributed by atoms with Gasteiger partial charge in [0, 0.05) is 6.04 Å². The van der Waals surface area contributed by atoms with Gasteiger partial charge in [0.25, 0.3) is 0 Å². The Morgan fingerprint density at radius 1 is 1.17 bits per heavy atom. The second-order valence-corrected chi connectivity index (χ2v) is 6.21. The number of anilines is 2. The lowest BCUT2D eigenvalue weighted by Gasteiger charge is -2.13. The second-order valence-electron chi connectivity index (χ2n) is 6.21. The lowest BCUT2D eigenvalue weighted by Crippen LogP contribution is -2.17. The van der Waals surface area contributed by atoms with Gasteiger partial charge >= 0.3 is 0 Å². The third kappa shape index (κ3) is 4.31. The number of aromatic nitrogens is 1. The van der Waals surface area contributed by atoms with Gasteiger partial charge in [0.2, 0.25) is 5.91 Å². The highest BCUT2D eigenvalue weighted by atomic mass is 16.1. The molecule has 0 bridgehead atoms. The Morgan fingerprint density at radius 2 is 1.96 bits per heavy atom. The van der Waals surface area contributed by atoms with Crippen molar-refractivity contribution in [3.8, 4) is 0 Å². The van der Waals surface area contributed by atoms with Crippen LogP contribution in [0.1, 0.15) is 36.8 Å². The van der Waals surface area contributed by atoms with Crippen molar-refractivity contribution in [2.24, 2.45) is 0 Å². The highest BCUT2D eigenvalue weighted by molar-refractivity contribution is 5.92. The van der Waals surface area contributed by atoms with Gasteiger partial charge in [-0.2, -0.15) is 0 Å². The minimum absolute atomic E-state index is 0.0161. The molecule has 1 heterocycles. The monoisotopic (exact) mass is 309 g/mol. The van der Waals surface area contributed by atoms with Crippen molar-refractivity contribution in [3.05, 3.63) is 53.7 Å². The summed E-state index contributed by atoms with van der Waals surface area (Å²) in [6, 6.07) is 12.3. The number of amides is 1. The number of nitrogens with zero attached hydrogens (tertiary/aromatic N) is 1. The van der Waals surface area contributed by atoms with E-state index in [1.165, 1.54) is 25.7 Å². The van der Waals surface area contributed by atoms with E-state index in [4.69, 9.17) is 0 Å². The molecule has 2 aromatic rings. The van der Waals surface area contributed by atoms with Gasteiger partial charge < -0.3 is 10.6 Å². The number of hydrogen-bond donors (Lipinski definition) is 2. The molecule has 0 unspecified atom stereocenters. The smallest absolute Gasteiger partial charge is 0.228 e. The van der Waals surface area contributed by atoms with Crippen molar-refractivity contribution in [2.75, 3.05) is 10.6 Å². The number of carbonyl (C=O) groups excluding carboxylic acids is 1. The minimum Gasteiger partial charge on any atom is -0.367 e. The number of hydrogen-bond acceptors (Lipinski definition) is 3. The van der Waals surface area contributed by atoms with Crippen molar-refractivity contribution in [2.45, 2.75) is 45.1 Å². The van der Waals surface area contributed by atoms with Crippen LogP contribution in [0.25, 0.3) is 0 Å². The average molecular weight is 309 g/mol. The molecule has 0 aliphatic heterocycles. The first-order valence-corrected chi connectivity index (χ1v) is 8.27. The van der Waals surface area contributed by atoms with E-state index >= 15 is 0 Å². The zero-order valence-electron chi connectivity index (χ0n) is 13.5. The first kappa shape index (κ1) is 15.5. The van der Waals surface area contributed by atoms with E-state index in [2.05, 4.69) is 15.6 Å². The van der Waals surface area contributed by atoms with Gasteiger partial charge in [-0.3, -0.25) is 4.79 Å². The van der Waals surface area contributed by atoms with Crippen LogP contribution in [0.3, 0.4) is 0 Å². The normalized spacial score (nSPS) is 14.7. The summed E-state index contributed by atoms with van der Waals surface area (Å²) in [5, 5.41) is 6.35. The molecular formula is C19H23N3O. The number of nitrogens with one attached hydrogen (secondary N) is 2. The first-order valence-electron chi connectivity index (χ1n) is 8.27. The van der Waals surface area contributed by atoms with Crippen molar-refractivity contribution in [1.82, 2.24) is 4.98 Å². The highest BCUT2D eigenvalue weighted by Crippen LogP contribution is 2.21. The van der Waals surface area contributed by atoms with Crippen LogP contribution in [0.2, 0.25) is 0 Å². The third-order valence-electron chi connectivity index (χ3n) is 4.37. The van der Waals surface area contributed by atoms with Crippen LogP contribution in [0.15, 0.2) is 42.6 Å². The number of pyridine rings is 1. The summed E-state index contributed by atoms with van der Waals surface area (Å²) in [5.74, 6) is 0.867. The molecule has 1 amide bonds. The molecule has 1 aliphatic carbocycles. The first-order chi connectivity index (χ1) is 11.2. The van der Waals surface area contributed by atoms with Gasteiger partial charge in [0.05, 0.1) is 18.3 Å². The van der Waals surface area contributed by atoms with E-state index in [-0.39, 0.29) is 5.91 Å². The Morgan fingerprint density at radius 3 is 2.65 bits per heavy atom. The fourth-order valence-corrected chi connectivity index (χ4v) is 3.02. The molecular weight excluding hydrogens is 286 g/mol. The van der Waals surface area contributed by atoms with Crippen LogP contribution in [-0.4, -0.2) is 16.9 Å². The fraction of sp³-hybridized carbons (Fsp3) is 0.368. The van der Waals surface area contributed by atoms with E-state index in [1.807, 2.05) is 43.3 Å². The molecule has 0 spiro atoms. The predicted octanol–water partition coefficient (Wildman–Crippen LogP) is 3.93. The molecule has 0 atom stereocenters. The van der Waals surface area contributed by atoms with Crippen LogP contribution >= 0.6 is 0 Å². The van der Waals surface area contributed by atoms with Crippen LogP contribution in [0.5, 0.6) is 0 Å². The Hall–Kier alpha value is -2.36. The van der Waals surface area contributed by atoms with Crippen LogP contribution in [-0.2, 0) is 11.2 Å². The zero-order chi connectivity index (χ0) is 16.1. The maximum atomic E-state index is 12.1. The van der Waals surface area contributed by atoms with Crippen molar-refractivity contribution in [1.29, 1.82) is 0 Å². The summed E-state index contributed by atoms with van der Waals surface area (Å²) in [7, 11) is 0. The largest absolute Gasteiger partial charge is 0.367 e. The van der Waals surface area contributed by atoms with Gasteiger partial charge in [-0.25, -0.2) is 4.98 Å². The van der Waals surface area contributed by atoms with E-state index < -0.39 is 0 Å². The minimum atomic E-state index is -0.0161. The summed E-state index contributed by atoms with van der Waals surface area (Å²) < 4.78 is 0. The molecule has 1 aliphatic rings. The predicted molar refractivity (Wildman–Crippen MR) is 93.6 cm³/mol. The summed E-state index contributed by atoms with van der Waals surface area (Å²) in [6.45, 7) is 2.02. The molecule has 0 saturated heterocycles. The van der Waals surface area contributed by atoms with Gasteiger partial charge in [-0.1, -0.05) is 37.1 Å². The molecule has 0 radical (unpaired) electrons. The Bertz CT molecular complexity index is 661. The highest BCUT2D eigenvalue weighted by Gasteiger charge is 2.14. The summed E-state index contributed by atoms with van der Waals surface area (Å²) in [4.78, 5) is 16.5. The maximum Gasteiger partial charge on any atom is 0.228 e. The Kier molecular flexibility index (Phi) is 4.91. The summed E-state index contributed by atoms with van der Waals surface area (Å²) in [6.07, 6.45) is 7.13. The van der Waals surface area contributed by atoms with Crippen LogP contribution in [0.4, 0.5) is 11.5 Å². The molecule has 4 heteroatoms. The molecule has 1 aromatic carbocycles. The van der Waals surface area contributed by atoms with Gasteiger partial charge in [-0.15, -0.1) is 0 Å². The third-order valence-corrected chi connectivity index (χ3v) is 4.37. The Balaban J connectivity index is 1.55. The number of benzene rings is 1. The molecule has 1 saturated carbocycles. The number of rotatable bonds is 5. The topological polar surface area (TPSA) is 54.0 Å². The summed E-state index contributed by atoms with van der Waals surface area (Å²) >= 11 is 0. The van der Waals surface area contributed by atoms with E-state index in [0.717, 1.165) is 22.6 Å². The molecule has 2 N–H and O–H groups in total. The fourth-order valence-electron chi connectivity index (χ4n) is 3.02. The lowest BCUT2D eigenvalue weighted by molar-refractivity contribution is -0.115. The molecule has 1 aromatic heterocycles. The van der Waals surface area contributed by atoms with Crippen LogP contribution < -0.4 is 10.6 Å². The molecule has 4 nitrogen and oxygen atoms in total. The standard InChI is InChI=1S/C19H23N3O/c1-14-6-2-3-7-15(14)12-19(23)22-17-10-11-18(20-13-17)21-16-8-4-5-9-16/h2-3,6-7,10-11,13,16H,4-5,8-9,12H2,1H3,(H,20,21)(H,22,23). The van der Waals surface area contributed by atoms with Crippen LogP contribution in [0, 0.1) is 6.92 Å². The Labute approximate surface area is 137 Å². The van der Waals surface area contributed by atoms with E-state index in [0.29, 0.717) is 12.5 Å². The quantitative estimate of drug-likeness (QED) is 0.880. The molecule has 120 valence electrons. The second kappa shape index (κ2) is 7.27. The SMILES string of the molecule is Cc1ccccc1CC(=O)Nc1ccc(NC2CCCC2)nc1. The zero-order valence-corrected chi connectivity index (χ0v) is 13.5. The molecule has 3 rings (SSSR count). The van der Waals surface area contributed by atoms with E-state index in [9.17, 15) is 4.79 Å². The molecule has 1 fully saturated rings. The summed E-state index contributed by atoms with van der Waals surface area (Å²) in [5.41, 5.74) is 2.93. The van der Waals surface area contributed by atoms with Gasteiger partial charge in [0.15, 0.2) is 0 Å².